The molecule has 2 aromatic carbocycles. The summed E-state index contributed by atoms with van der Waals surface area (Å²) in [5.74, 6) is -0.464. The van der Waals surface area contributed by atoms with Gasteiger partial charge in [0.1, 0.15) is 16.7 Å². The van der Waals surface area contributed by atoms with Crippen LogP contribution in [0.5, 0.6) is 0 Å². The zero-order valence-electron chi connectivity index (χ0n) is 14.4. The van der Waals surface area contributed by atoms with Crippen molar-refractivity contribution >= 4 is 35.0 Å². The van der Waals surface area contributed by atoms with Gasteiger partial charge in [0, 0.05) is 11.4 Å². The van der Waals surface area contributed by atoms with Crippen molar-refractivity contribution in [2.24, 2.45) is 0 Å². The molecule has 0 spiro atoms. The maximum Gasteiger partial charge on any atom is 0.269 e. The molecule has 0 aliphatic carbocycles. The first-order valence-corrected chi connectivity index (χ1v) is 9.04. The molecule has 26 heavy (non-hydrogen) atoms. The summed E-state index contributed by atoms with van der Waals surface area (Å²) < 4.78 is 0. The molecule has 5 nitrogen and oxygen atoms in total. The fraction of sp³-hybridized carbons (Fsp3) is 0.150. The van der Waals surface area contributed by atoms with E-state index in [1.807, 2.05) is 50.2 Å². The van der Waals surface area contributed by atoms with Gasteiger partial charge in [-0.05, 0) is 43.2 Å². The topological polar surface area (TPSA) is 73.2 Å². The fourth-order valence-electron chi connectivity index (χ4n) is 2.66. The molecule has 2 aromatic rings. The van der Waals surface area contributed by atoms with E-state index in [0.717, 1.165) is 11.1 Å². The molecule has 6 heteroatoms. The number of rotatable bonds is 3. The predicted molar refractivity (Wildman–Crippen MR) is 104 cm³/mol. The van der Waals surface area contributed by atoms with E-state index in [9.17, 15) is 14.9 Å². The van der Waals surface area contributed by atoms with Gasteiger partial charge in [0.15, 0.2) is 0 Å². The van der Waals surface area contributed by atoms with E-state index in [4.69, 9.17) is 0 Å². The lowest BCUT2D eigenvalue weighted by atomic mass is 10.1. The molecule has 1 aliphatic rings. The molecule has 1 aliphatic heterocycles. The van der Waals surface area contributed by atoms with Crippen molar-refractivity contribution in [3.8, 4) is 6.07 Å². The molecule has 1 N–H and O–H groups in total. The molecule has 1 fully saturated rings. The van der Waals surface area contributed by atoms with Crippen molar-refractivity contribution in [2.75, 3.05) is 16.0 Å². The molecular formula is C20H17N3O2S. The Morgan fingerprint density at radius 2 is 1.88 bits per heavy atom. The van der Waals surface area contributed by atoms with Gasteiger partial charge < -0.3 is 5.32 Å². The minimum atomic E-state index is -0.515. The fourth-order valence-corrected chi connectivity index (χ4v) is 3.67. The van der Waals surface area contributed by atoms with Crippen LogP contribution in [0, 0.1) is 25.2 Å². The number of hydrogen-bond acceptors (Lipinski definition) is 4. The molecule has 0 aromatic heterocycles. The van der Waals surface area contributed by atoms with E-state index >= 15 is 0 Å². The second-order valence-corrected chi connectivity index (χ2v) is 6.81. The van der Waals surface area contributed by atoms with Crippen LogP contribution in [-0.4, -0.2) is 17.6 Å². The number of carbonyl (C=O) groups is 2. The Morgan fingerprint density at radius 1 is 1.15 bits per heavy atom. The highest BCUT2D eigenvalue weighted by molar-refractivity contribution is 8.04. The van der Waals surface area contributed by atoms with E-state index < -0.39 is 5.91 Å². The number of carbonyl (C=O) groups excluding carboxylic acids is 2. The quantitative estimate of drug-likeness (QED) is 0.666. The molecule has 3 rings (SSSR count). The Balaban J connectivity index is 1.98. The zero-order chi connectivity index (χ0) is 18.7. The number of nitrogens with zero attached hydrogens (tertiary/aromatic N) is 2. The predicted octanol–water partition coefficient (Wildman–Crippen LogP) is 3.76. The van der Waals surface area contributed by atoms with Crippen molar-refractivity contribution in [3.05, 3.63) is 70.3 Å². The first kappa shape index (κ1) is 17.8. The molecule has 130 valence electrons. The van der Waals surface area contributed by atoms with E-state index in [2.05, 4.69) is 5.32 Å². The SMILES string of the molecule is Cc1cccc(NC(=O)/C(C#N)=C2\SCC(=O)N2c2ccccc2)c1C. The molecule has 0 saturated carbocycles. The second kappa shape index (κ2) is 7.46. The number of aryl methyl sites for hydroxylation is 1. The third-order valence-electron chi connectivity index (χ3n) is 4.20. The van der Waals surface area contributed by atoms with E-state index in [-0.39, 0.29) is 17.2 Å². The monoisotopic (exact) mass is 363 g/mol. The lowest BCUT2D eigenvalue weighted by Gasteiger charge is -2.18. The Morgan fingerprint density at radius 3 is 2.58 bits per heavy atom. The molecule has 0 unspecified atom stereocenters. The third kappa shape index (κ3) is 3.35. The summed E-state index contributed by atoms with van der Waals surface area (Å²) >= 11 is 1.21. The first-order valence-electron chi connectivity index (χ1n) is 8.05. The van der Waals surface area contributed by atoms with Crippen LogP contribution in [-0.2, 0) is 9.59 Å². The number of anilines is 2. The van der Waals surface area contributed by atoms with Crippen LogP contribution >= 0.6 is 11.8 Å². The molecular weight excluding hydrogens is 346 g/mol. The minimum Gasteiger partial charge on any atom is -0.321 e. The minimum absolute atomic E-state index is 0.0643. The summed E-state index contributed by atoms with van der Waals surface area (Å²) in [5, 5.41) is 12.8. The van der Waals surface area contributed by atoms with Crippen molar-refractivity contribution in [1.29, 1.82) is 5.26 Å². The molecule has 0 bridgehead atoms. The number of amides is 2. The smallest absolute Gasteiger partial charge is 0.269 e. The standard InChI is InChI=1S/C20H17N3O2S/c1-13-7-6-10-17(14(13)2)22-19(25)16(11-21)20-23(18(24)12-26-20)15-8-4-3-5-9-15/h3-10H,12H2,1-2H3,(H,22,25)/b20-16-. The Hall–Kier alpha value is -3.04. The van der Waals surface area contributed by atoms with Crippen LogP contribution in [0.25, 0.3) is 0 Å². The van der Waals surface area contributed by atoms with Crippen LogP contribution in [0.15, 0.2) is 59.1 Å². The van der Waals surface area contributed by atoms with E-state index in [1.54, 1.807) is 18.2 Å². The first-order chi connectivity index (χ1) is 12.5. The largest absolute Gasteiger partial charge is 0.321 e. The number of nitriles is 1. The summed E-state index contributed by atoms with van der Waals surface area (Å²) in [7, 11) is 0. The Bertz CT molecular complexity index is 945. The summed E-state index contributed by atoms with van der Waals surface area (Å²) in [6.45, 7) is 3.87. The molecule has 2 amide bonds. The summed E-state index contributed by atoms with van der Waals surface area (Å²) in [6.07, 6.45) is 0. The number of nitrogens with one attached hydrogen (secondary N) is 1. The van der Waals surface area contributed by atoms with E-state index in [1.165, 1.54) is 16.7 Å². The average Bonchev–Trinajstić information content (AvgIpc) is 3.01. The number of hydrogen-bond donors (Lipinski definition) is 1. The van der Waals surface area contributed by atoms with Gasteiger partial charge in [0.05, 0.1) is 5.75 Å². The molecule has 0 atom stereocenters. The van der Waals surface area contributed by atoms with Gasteiger partial charge in [-0.3, -0.25) is 14.5 Å². The van der Waals surface area contributed by atoms with Crippen molar-refractivity contribution < 1.29 is 9.59 Å². The molecule has 0 radical (unpaired) electrons. The summed E-state index contributed by atoms with van der Waals surface area (Å²) in [5.41, 5.74) is 3.22. The van der Waals surface area contributed by atoms with Gasteiger partial charge >= 0.3 is 0 Å². The Labute approximate surface area is 156 Å². The van der Waals surface area contributed by atoms with Crippen LogP contribution < -0.4 is 10.2 Å². The zero-order valence-corrected chi connectivity index (χ0v) is 15.3. The third-order valence-corrected chi connectivity index (χ3v) is 5.26. The maximum atomic E-state index is 12.7. The average molecular weight is 363 g/mol. The highest BCUT2D eigenvalue weighted by Crippen LogP contribution is 2.36. The van der Waals surface area contributed by atoms with Gasteiger partial charge in [-0.15, -0.1) is 0 Å². The second-order valence-electron chi connectivity index (χ2n) is 5.85. The summed E-state index contributed by atoms with van der Waals surface area (Å²) in [6, 6.07) is 16.6. The van der Waals surface area contributed by atoms with Gasteiger partial charge in [-0.2, -0.15) is 5.26 Å². The van der Waals surface area contributed by atoms with Crippen molar-refractivity contribution in [1.82, 2.24) is 0 Å². The van der Waals surface area contributed by atoms with Gasteiger partial charge in [0.2, 0.25) is 5.91 Å². The lowest BCUT2D eigenvalue weighted by molar-refractivity contribution is -0.115. The highest BCUT2D eigenvalue weighted by Gasteiger charge is 2.33. The van der Waals surface area contributed by atoms with Gasteiger partial charge in [-0.1, -0.05) is 42.1 Å². The maximum absolute atomic E-state index is 12.7. The Kier molecular flexibility index (Phi) is 5.10. The molecule has 1 heterocycles. The van der Waals surface area contributed by atoms with Crippen LogP contribution in [0.1, 0.15) is 11.1 Å². The summed E-state index contributed by atoms with van der Waals surface area (Å²) in [4.78, 5) is 26.5. The molecule has 1 saturated heterocycles. The van der Waals surface area contributed by atoms with E-state index in [0.29, 0.717) is 16.4 Å². The number of para-hydroxylation sites is 1. The van der Waals surface area contributed by atoms with Gasteiger partial charge in [-0.25, -0.2) is 0 Å². The van der Waals surface area contributed by atoms with Crippen molar-refractivity contribution in [3.63, 3.8) is 0 Å². The number of thioether (sulfide) groups is 1. The van der Waals surface area contributed by atoms with Gasteiger partial charge in [0.25, 0.3) is 5.91 Å². The van der Waals surface area contributed by atoms with Crippen LogP contribution in [0.4, 0.5) is 11.4 Å². The normalized spacial score (nSPS) is 15.6. The van der Waals surface area contributed by atoms with Crippen LogP contribution in [0.3, 0.4) is 0 Å². The lowest BCUT2D eigenvalue weighted by Crippen LogP contribution is -2.27. The highest BCUT2D eigenvalue weighted by atomic mass is 32.2. The van der Waals surface area contributed by atoms with Crippen molar-refractivity contribution in [2.45, 2.75) is 13.8 Å². The number of benzene rings is 2. The van der Waals surface area contributed by atoms with Crippen LogP contribution in [0.2, 0.25) is 0 Å².